The van der Waals surface area contributed by atoms with Gasteiger partial charge in [-0.2, -0.15) is 0 Å². The molecule has 0 atom stereocenters. The minimum absolute atomic E-state index is 0.0626. The lowest BCUT2D eigenvalue weighted by Crippen LogP contribution is -2.06. The Balaban J connectivity index is 2.47. The van der Waals surface area contributed by atoms with E-state index in [0.717, 1.165) is 10.0 Å². The van der Waals surface area contributed by atoms with Crippen molar-refractivity contribution in [3.8, 4) is 22.8 Å². The lowest BCUT2D eigenvalue weighted by Gasteiger charge is -2.15. The number of methoxy groups -OCH3 is 1. The van der Waals surface area contributed by atoms with E-state index in [4.69, 9.17) is 19.7 Å². The third kappa shape index (κ3) is 3.01. The maximum atomic E-state index is 5.69. The van der Waals surface area contributed by atoms with Gasteiger partial charge in [0.2, 0.25) is 0 Å². The van der Waals surface area contributed by atoms with Crippen LogP contribution in [-0.2, 0) is 0 Å². The molecule has 5 nitrogen and oxygen atoms in total. The monoisotopic (exact) mass is 326 g/mol. The number of hydrogen-bond donors (Lipinski definition) is 1. The summed E-state index contributed by atoms with van der Waals surface area (Å²) < 4.78 is 17.0. The number of aromatic nitrogens is 1. The van der Waals surface area contributed by atoms with Crippen molar-refractivity contribution in [1.82, 2.24) is 5.16 Å². The Morgan fingerprint density at radius 1 is 1.26 bits per heavy atom. The van der Waals surface area contributed by atoms with Gasteiger partial charge < -0.3 is 19.7 Å². The molecule has 2 N–H and O–H groups in total. The van der Waals surface area contributed by atoms with Crippen molar-refractivity contribution in [1.29, 1.82) is 0 Å². The molecule has 0 bridgehead atoms. The number of anilines is 1. The Morgan fingerprint density at radius 3 is 2.53 bits per heavy atom. The molecule has 6 heteroatoms. The van der Waals surface area contributed by atoms with Gasteiger partial charge in [0.1, 0.15) is 0 Å². The van der Waals surface area contributed by atoms with Crippen LogP contribution in [0.3, 0.4) is 0 Å². The number of hydrogen-bond acceptors (Lipinski definition) is 5. The molecule has 0 unspecified atom stereocenters. The van der Waals surface area contributed by atoms with Gasteiger partial charge in [-0.25, -0.2) is 0 Å². The molecule has 0 saturated heterocycles. The van der Waals surface area contributed by atoms with Gasteiger partial charge in [0.25, 0.3) is 0 Å². The highest BCUT2D eigenvalue weighted by molar-refractivity contribution is 9.10. The van der Waals surface area contributed by atoms with Crippen LogP contribution in [0.4, 0.5) is 5.82 Å². The molecule has 0 aliphatic carbocycles. The minimum Gasteiger partial charge on any atom is -0.493 e. The minimum atomic E-state index is 0.0626. The van der Waals surface area contributed by atoms with E-state index < -0.39 is 0 Å². The second-order valence-corrected chi connectivity index (χ2v) is 5.12. The first-order chi connectivity index (χ1) is 9.01. The highest BCUT2D eigenvalue weighted by Gasteiger charge is 2.15. The van der Waals surface area contributed by atoms with Gasteiger partial charge in [-0.15, -0.1) is 0 Å². The number of rotatable bonds is 4. The van der Waals surface area contributed by atoms with Gasteiger partial charge in [-0.3, -0.25) is 0 Å². The largest absolute Gasteiger partial charge is 0.493 e. The number of nitrogens with two attached hydrogens (primary N) is 1. The third-order valence-corrected chi connectivity index (χ3v) is 3.07. The van der Waals surface area contributed by atoms with Gasteiger partial charge in [0.15, 0.2) is 23.1 Å². The Morgan fingerprint density at radius 2 is 2.00 bits per heavy atom. The zero-order chi connectivity index (χ0) is 14.0. The van der Waals surface area contributed by atoms with E-state index in [1.165, 1.54) is 0 Å². The molecule has 1 heterocycles. The van der Waals surface area contributed by atoms with Crippen LogP contribution in [0.25, 0.3) is 11.3 Å². The first kappa shape index (κ1) is 13.7. The van der Waals surface area contributed by atoms with Crippen LogP contribution in [0.1, 0.15) is 13.8 Å². The smallest absolute Gasteiger partial charge is 0.170 e. The maximum Gasteiger partial charge on any atom is 0.170 e. The molecule has 0 aliphatic heterocycles. The van der Waals surface area contributed by atoms with Crippen molar-refractivity contribution < 1.29 is 14.0 Å². The lowest BCUT2D eigenvalue weighted by molar-refractivity contribution is 0.230. The molecular weight excluding hydrogens is 312 g/mol. The van der Waals surface area contributed by atoms with E-state index in [1.807, 2.05) is 26.0 Å². The number of ether oxygens (including phenoxy) is 2. The lowest BCUT2D eigenvalue weighted by atomic mass is 10.1. The fourth-order valence-corrected chi connectivity index (χ4v) is 2.16. The highest BCUT2D eigenvalue weighted by atomic mass is 79.9. The Bertz CT molecular complexity index is 581. The average molecular weight is 327 g/mol. The Kier molecular flexibility index (Phi) is 3.99. The van der Waals surface area contributed by atoms with Crippen molar-refractivity contribution in [2.45, 2.75) is 20.0 Å². The summed E-state index contributed by atoms with van der Waals surface area (Å²) in [6, 6.07) is 5.32. The summed E-state index contributed by atoms with van der Waals surface area (Å²) in [5.41, 5.74) is 6.36. The van der Waals surface area contributed by atoms with E-state index in [0.29, 0.717) is 23.1 Å². The SMILES string of the molecule is COc1cc(-c2cc(N)no2)c(Br)cc1OC(C)C. The van der Waals surface area contributed by atoms with Gasteiger partial charge in [-0.05, 0) is 41.9 Å². The summed E-state index contributed by atoms with van der Waals surface area (Å²) in [5.74, 6) is 2.20. The summed E-state index contributed by atoms with van der Waals surface area (Å²) in [6.45, 7) is 3.91. The molecule has 0 fully saturated rings. The van der Waals surface area contributed by atoms with Gasteiger partial charge in [-0.1, -0.05) is 5.16 Å². The number of nitrogen functional groups attached to an aromatic ring is 1. The summed E-state index contributed by atoms with van der Waals surface area (Å²) in [6.07, 6.45) is 0.0626. The predicted octanol–water partition coefficient (Wildman–Crippen LogP) is 3.48. The number of nitrogens with zero attached hydrogens (tertiary/aromatic N) is 1. The predicted molar refractivity (Wildman–Crippen MR) is 76.4 cm³/mol. The molecule has 0 amide bonds. The fraction of sp³-hybridized carbons (Fsp3) is 0.308. The van der Waals surface area contributed by atoms with Crippen molar-refractivity contribution in [3.63, 3.8) is 0 Å². The first-order valence-electron chi connectivity index (χ1n) is 5.78. The molecule has 1 aromatic carbocycles. The standard InChI is InChI=1S/C13H15BrN2O3/c1-7(2)18-12-5-9(14)8(4-11(12)17-3)10-6-13(15)16-19-10/h4-7H,1-3H3,(H2,15,16). The Labute approximate surface area is 119 Å². The van der Waals surface area contributed by atoms with Gasteiger partial charge in [0.05, 0.1) is 13.2 Å². The quantitative estimate of drug-likeness (QED) is 0.931. The van der Waals surface area contributed by atoms with Crippen LogP contribution in [0.2, 0.25) is 0 Å². The zero-order valence-electron chi connectivity index (χ0n) is 10.9. The zero-order valence-corrected chi connectivity index (χ0v) is 12.5. The fourth-order valence-electron chi connectivity index (χ4n) is 1.65. The number of halogens is 1. The molecule has 0 radical (unpaired) electrons. The van der Waals surface area contributed by atoms with Crippen LogP contribution < -0.4 is 15.2 Å². The van der Waals surface area contributed by atoms with Gasteiger partial charge in [0, 0.05) is 16.1 Å². The number of benzene rings is 1. The topological polar surface area (TPSA) is 70.5 Å². The molecule has 1 aromatic heterocycles. The highest BCUT2D eigenvalue weighted by Crippen LogP contribution is 2.39. The van der Waals surface area contributed by atoms with E-state index in [9.17, 15) is 0 Å². The van der Waals surface area contributed by atoms with Crippen molar-refractivity contribution in [2.24, 2.45) is 0 Å². The van der Waals surface area contributed by atoms with Crippen LogP contribution in [0.15, 0.2) is 27.2 Å². The van der Waals surface area contributed by atoms with Crippen molar-refractivity contribution >= 4 is 21.7 Å². The van der Waals surface area contributed by atoms with Crippen molar-refractivity contribution in [2.75, 3.05) is 12.8 Å². The van der Waals surface area contributed by atoms with E-state index in [1.54, 1.807) is 13.2 Å². The molecule has 0 aliphatic rings. The normalized spacial score (nSPS) is 10.8. The summed E-state index contributed by atoms with van der Waals surface area (Å²) in [5, 5.41) is 3.67. The average Bonchev–Trinajstić information content (AvgIpc) is 2.75. The molecule has 19 heavy (non-hydrogen) atoms. The molecule has 102 valence electrons. The van der Waals surface area contributed by atoms with Gasteiger partial charge >= 0.3 is 0 Å². The Hall–Kier alpha value is -1.69. The molecule has 2 aromatic rings. The second-order valence-electron chi connectivity index (χ2n) is 4.27. The second kappa shape index (κ2) is 5.52. The first-order valence-corrected chi connectivity index (χ1v) is 6.57. The molecule has 0 saturated carbocycles. The summed E-state index contributed by atoms with van der Waals surface area (Å²) in [4.78, 5) is 0. The van der Waals surface area contributed by atoms with Crippen LogP contribution in [0, 0.1) is 0 Å². The van der Waals surface area contributed by atoms with Crippen LogP contribution >= 0.6 is 15.9 Å². The molecule has 0 spiro atoms. The summed E-state index contributed by atoms with van der Waals surface area (Å²) in [7, 11) is 1.59. The van der Waals surface area contributed by atoms with E-state index >= 15 is 0 Å². The summed E-state index contributed by atoms with van der Waals surface area (Å²) >= 11 is 3.48. The van der Waals surface area contributed by atoms with Crippen LogP contribution in [-0.4, -0.2) is 18.4 Å². The molecule has 2 rings (SSSR count). The van der Waals surface area contributed by atoms with E-state index in [-0.39, 0.29) is 6.10 Å². The van der Waals surface area contributed by atoms with Crippen molar-refractivity contribution in [3.05, 3.63) is 22.7 Å². The molecular formula is C13H15BrN2O3. The maximum absolute atomic E-state index is 5.69. The van der Waals surface area contributed by atoms with E-state index in [2.05, 4.69) is 21.1 Å². The third-order valence-electron chi connectivity index (χ3n) is 2.41. The van der Waals surface area contributed by atoms with Crippen LogP contribution in [0.5, 0.6) is 11.5 Å².